The minimum atomic E-state index is -0.174. The molecule has 100 valence electrons. The molecule has 0 aliphatic heterocycles. The van der Waals surface area contributed by atoms with Gasteiger partial charge in [0.25, 0.3) is 0 Å². The van der Waals surface area contributed by atoms with E-state index in [1.807, 2.05) is 24.3 Å². The molecule has 0 spiro atoms. The van der Waals surface area contributed by atoms with Gasteiger partial charge >= 0.3 is 6.03 Å². The molecule has 1 N–H and O–H groups in total. The van der Waals surface area contributed by atoms with E-state index in [9.17, 15) is 4.79 Å². The fourth-order valence-corrected chi connectivity index (χ4v) is 2.77. The molecular weight excluding hydrogens is 240 g/mol. The summed E-state index contributed by atoms with van der Waals surface area (Å²) >= 11 is 0. The number of nitrogens with zero attached hydrogens (tertiary/aromatic N) is 3. The van der Waals surface area contributed by atoms with E-state index in [1.54, 1.807) is 0 Å². The fourth-order valence-electron chi connectivity index (χ4n) is 2.77. The van der Waals surface area contributed by atoms with Crippen molar-refractivity contribution >= 4 is 17.1 Å². The van der Waals surface area contributed by atoms with Gasteiger partial charge in [-0.05, 0) is 30.9 Å². The van der Waals surface area contributed by atoms with Gasteiger partial charge in [-0.1, -0.05) is 37.1 Å². The molecule has 1 aromatic carbocycles. The van der Waals surface area contributed by atoms with Gasteiger partial charge in [-0.2, -0.15) is 4.68 Å². The smallest absolute Gasteiger partial charge is 0.333 e. The highest BCUT2D eigenvalue weighted by Gasteiger charge is 2.24. The molecule has 1 aliphatic carbocycles. The van der Waals surface area contributed by atoms with Gasteiger partial charge in [-0.3, -0.25) is 0 Å². The molecule has 2 unspecified atom stereocenters. The van der Waals surface area contributed by atoms with Crippen LogP contribution in [0.25, 0.3) is 11.0 Å². The molecule has 3 rings (SSSR count). The number of benzene rings is 1. The van der Waals surface area contributed by atoms with Crippen molar-refractivity contribution in [3.63, 3.8) is 0 Å². The maximum absolute atomic E-state index is 12.3. The van der Waals surface area contributed by atoms with Crippen LogP contribution in [-0.4, -0.2) is 27.1 Å². The van der Waals surface area contributed by atoms with E-state index in [2.05, 4.69) is 22.6 Å². The SMILES string of the molecule is CC1CCCCC1NC(=O)n1nnc2ccccc21. The largest absolute Gasteiger partial charge is 0.344 e. The fraction of sp³-hybridized carbons (Fsp3) is 0.500. The molecule has 1 fully saturated rings. The van der Waals surface area contributed by atoms with Crippen molar-refractivity contribution in [2.45, 2.75) is 38.6 Å². The normalized spacial score (nSPS) is 23.4. The van der Waals surface area contributed by atoms with Gasteiger partial charge in [-0.25, -0.2) is 4.79 Å². The zero-order chi connectivity index (χ0) is 13.2. The summed E-state index contributed by atoms with van der Waals surface area (Å²) in [6.07, 6.45) is 4.69. The first-order valence-electron chi connectivity index (χ1n) is 6.87. The molecule has 5 nitrogen and oxygen atoms in total. The second-order valence-electron chi connectivity index (χ2n) is 5.31. The number of carbonyl (C=O) groups is 1. The molecule has 1 saturated carbocycles. The number of fused-ring (bicyclic) bond motifs is 1. The second kappa shape index (κ2) is 4.99. The Labute approximate surface area is 112 Å². The predicted octanol–water partition coefficient (Wildman–Crippen LogP) is 2.57. The van der Waals surface area contributed by atoms with Crippen LogP contribution in [0.15, 0.2) is 24.3 Å². The highest BCUT2D eigenvalue weighted by atomic mass is 16.2. The number of nitrogens with one attached hydrogen (secondary N) is 1. The molecule has 2 atom stereocenters. The Hall–Kier alpha value is -1.91. The maximum atomic E-state index is 12.3. The highest BCUT2D eigenvalue weighted by Crippen LogP contribution is 2.23. The van der Waals surface area contributed by atoms with E-state index in [-0.39, 0.29) is 12.1 Å². The molecule has 19 heavy (non-hydrogen) atoms. The monoisotopic (exact) mass is 258 g/mol. The van der Waals surface area contributed by atoms with E-state index in [0.717, 1.165) is 17.5 Å². The van der Waals surface area contributed by atoms with Crippen LogP contribution in [0.5, 0.6) is 0 Å². The summed E-state index contributed by atoms with van der Waals surface area (Å²) in [5.74, 6) is 0.535. The number of hydrogen-bond donors (Lipinski definition) is 1. The standard InChI is InChI=1S/C14H18N4O/c1-10-6-2-3-7-11(10)15-14(19)18-13-9-5-4-8-12(13)16-17-18/h4-5,8-11H,2-3,6-7H2,1H3,(H,15,19). The lowest BCUT2D eigenvalue weighted by Crippen LogP contribution is -2.43. The van der Waals surface area contributed by atoms with Crippen molar-refractivity contribution in [2.24, 2.45) is 5.92 Å². The number of para-hydroxylation sites is 1. The van der Waals surface area contributed by atoms with Crippen molar-refractivity contribution in [2.75, 3.05) is 0 Å². The average molecular weight is 258 g/mol. The Morgan fingerprint density at radius 3 is 2.95 bits per heavy atom. The van der Waals surface area contributed by atoms with Crippen molar-refractivity contribution < 1.29 is 4.79 Å². The average Bonchev–Trinajstić information content (AvgIpc) is 2.85. The molecule has 1 heterocycles. The zero-order valence-corrected chi connectivity index (χ0v) is 11.0. The molecule has 2 aromatic rings. The Morgan fingerprint density at radius 2 is 2.11 bits per heavy atom. The van der Waals surface area contributed by atoms with Crippen LogP contribution in [-0.2, 0) is 0 Å². The van der Waals surface area contributed by atoms with Crippen molar-refractivity contribution in [3.05, 3.63) is 24.3 Å². The van der Waals surface area contributed by atoms with Crippen LogP contribution in [0.3, 0.4) is 0 Å². The third-order valence-electron chi connectivity index (χ3n) is 3.96. The van der Waals surface area contributed by atoms with Gasteiger partial charge in [0.1, 0.15) is 5.52 Å². The van der Waals surface area contributed by atoms with Crippen LogP contribution in [0.1, 0.15) is 32.6 Å². The number of amides is 1. The molecular formula is C14H18N4O. The minimum Gasteiger partial charge on any atom is -0.333 e. The first kappa shape index (κ1) is 12.1. The first-order valence-corrected chi connectivity index (χ1v) is 6.87. The zero-order valence-electron chi connectivity index (χ0n) is 11.0. The summed E-state index contributed by atoms with van der Waals surface area (Å²) in [6.45, 7) is 2.20. The van der Waals surface area contributed by atoms with Crippen LogP contribution in [0.2, 0.25) is 0 Å². The number of hydrogen-bond acceptors (Lipinski definition) is 3. The summed E-state index contributed by atoms with van der Waals surface area (Å²) in [5, 5.41) is 11.0. The van der Waals surface area contributed by atoms with Gasteiger partial charge in [0.05, 0.1) is 5.52 Å². The van der Waals surface area contributed by atoms with Gasteiger partial charge in [0.15, 0.2) is 0 Å². The second-order valence-corrected chi connectivity index (χ2v) is 5.31. The van der Waals surface area contributed by atoms with E-state index >= 15 is 0 Å². The van der Waals surface area contributed by atoms with Crippen LogP contribution in [0.4, 0.5) is 4.79 Å². The molecule has 1 amide bonds. The molecule has 5 heteroatoms. The van der Waals surface area contributed by atoms with E-state index in [1.165, 1.54) is 23.9 Å². The number of rotatable bonds is 1. The summed E-state index contributed by atoms with van der Waals surface area (Å²) in [5.41, 5.74) is 1.50. The summed E-state index contributed by atoms with van der Waals surface area (Å²) < 4.78 is 1.36. The van der Waals surface area contributed by atoms with Crippen molar-refractivity contribution in [1.82, 2.24) is 20.3 Å². The Balaban J connectivity index is 1.80. The topological polar surface area (TPSA) is 59.8 Å². The number of carbonyl (C=O) groups excluding carboxylic acids is 1. The van der Waals surface area contributed by atoms with Gasteiger partial charge < -0.3 is 5.32 Å². The van der Waals surface area contributed by atoms with Gasteiger partial charge in [-0.15, -0.1) is 5.10 Å². The predicted molar refractivity (Wildman–Crippen MR) is 72.9 cm³/mol. The lowest BCUT2D eigenvalue weighted by atomic mass is 9.86. The van der Waals surface area contributed by atoms with Crippen LogP contribution < -0.4 is 5.32 Å². The minimum absolute atomic E-state index is 0.174. The Bertz CT molecular complexity index is 592. The number of aromatic nitrogens is 3. The molecule has 0 saturated heterocycles. The Morgan fingerprint density at radius 1 is 1.32 bits per heavy atom. The third kappa shape index (κ3) is 2.32. The molecule has 0 radical (unpaired) electrons. The highest BCUT2D eigenvalue weighted by molar-refractivity contribution is 5.87. The summed E-state index contributed by atoms with van der Waals surface area (Å²) in [7, 11) is 0. The molecule has 1 aliphatic rings. The lowest BCUT2D eigenvalue weighted by Gasteiger charge is -2.29. The van der Waals surface area contributed by atoms with Gasteiger partial charge in [0.2, 0.25) is 0 Å². The maximum Gasteiger partial charge on any atom is 0.344 e. The first-order chi connectivity index (χ1) is 9.25. The molecule has 0 bridgehead atoms. The summed E-state index contributed by atoms with van der Waals surface area (Å²) in [4.78, 5) is 12.3. The molecule has 1 aromatic heterocycles. The van der Waals surface area contributed by atoms with E-state index in [0.29, 0.717) is 5.92 Å². The quantitative estimate of drug-likeness (QED) is 0.855. The van der Waals surface area contributed by atoms with E-state index < -0.39 is 0 Å². The Kier molecular flexibility index (Phi) is 3.19. The van der Waals surface area contributed by atoms with Crippen LogP contribution >= 0.6 is 0 Å². The van der Waals surface area contributed by atoms with Crippen molar-refractivity contribution in [3.8, 4) is 0 Å². The van der Waals surface area contributed by atoms with Crippen molar-refractivity contribution in [1.29, 1.82) is 0 Å². The van der Waals surface area contributed by atoms with E-state index in [4.69, 9.17) is 0 Å². The van der Waals surface area contributed by atoms with Gasteiger partial charge in [0, 0.05) is 6.04 Å². The van der Waals surface area contributed by atoms with Crippen LogP contribution in [0, 0.1) is 5.92 Å². The lowest BCUT2D eigenvalue weighted by molar-refractivity contribution is 0.221. The third-order valence-corrected chi connectivity index (χ3v) is 3.96. The summed E-state index contributed by atoms with van der Waals surface area (Å²) in [6, 6.07) is 7.58.